The second-order valence-corrected chi connectivity index (χ2v) is 4.24. The summed E-state index contributed by atoms with van der Waals surface area (Å²) < 4.78 is 4.63. The van der Waals surface area contributed by atoms with Gasteiger partial charge in [0.25, 0.3) is 0 Å². The van der Waals surface area contributed by atoms with E-state index in [-0.39, 0.29) is 11.3 Å². The Labute approximate surface area is 116 Å². The molecular weight excluding hydrogens is 268 g/mol. The van der Waals surface area contributed by atoms with Crippen LogP contribution in [0.5, 0.6) is 0 Å². The first kappa shape index (κ1) is 15.2. The summed E-state index contributed by atoms with van der Waals surface area (Å²) in [6.07, 6.45) is 1.88. The summed E-state index contributed by atoms with van der Waals surface area (Å²) in [6, 6.07) is 3.74. The molecule has 0 saturated heterocycles. The van der Waals surface area contributed by atoms with E-state index in [1.807, 2.05) is 0 Å². The van der Waals surface area contributed by atoms with Crippen LogP contribution in [0.15, 0.2) is 30.9 Å². The van der Waals surface area contributed by atoms with Gasteiger partial charge >= 0.3 is 5.97 Å². The number of amides is 1. The van der Waals surface area contributed by atoms with Gasteiger partial charge in [0.2, 0.25) is 5.91 Å². The van der Waals surface area contributed by atoms with Crippen LogP contribution in [0, 0.1) is 0 Å². The fourth-order valence-corrected chi connectivity index (χ4v) is 1.59. The first-order valence-corrected chi connectivity index (χ1v) is 5.92. The van der Waals surface area contributed by atoms with Gasteiger partial charge in [-0.25, -0.2) is 4.79 Å². The summed E-state index contributed by atoms with van der Waals surface area (Å²) >= 11 is 5.84. The van der Waals surface area contributed by atoms with Crippen molar-refractivity contribution >= 4 is 29.2 Å². The van der Waals surface area contributed by atoms with Crippen molar-refractivity contribution in [3.05, 3.63) is 41.4 Å². The van der Waals surface area contributed by atoms with Crippen molar-refractivity contribution in [2.45, 2.75) is 12.5 Å². The fourth-order valence-electron chi connectivity index (χ4n) is 1.42. The van der Waals surface area contributed by atoms with Gasteiger partial charge in [-0.3, -0.25) is 4.79 Å². The van der Waals surface area contributed by atoms with Crippen LogP contribution in [0.2, 0.25) is 5.02 Å². The quantitative estimate of drug-likeness (QED) is 0.639. The SMILES string of the molecule is C=CCC(N)C(=O)Nc1cc(Cl)ccc1C(=O)OC. The highest BCUT2D eigenvalue weighted by atomic mass is 35.5. The number of nitrogens with one attached hydrogen (secondary N) is 1. The molecule has 0 aliphatic heterocycles. The monoisotopic (exact) mass is 282 g/mol. The van der Waals surface area contributed by atoms with Crippen LogP contribution in [-0.2, 0) is 9.53 Å². The maximum Gasteiger partial charge on any atom is 0.339 e. The Morgan fingerprint density at radius 2 is 2.26 bits per heavy atom. The van der Waals surface area contributed by atoms with Crippen molar-refractivity contribution in [3.63, 3.8) is 0 Å². The molecule has 1 atom stereocenters. The van der Waals surface area contributed by atoms with Gasteiger partial charge in [0, 0.05) is 5.02 Å². The van der Waals surface area contributed by atoms with E-state index >= 15 is 0 Å². The summed E-state index contributed by atoms with van der Waals surface area (Å²) in [4.78, 5) is 23.4. The van der Waals surface area contributed by atoms with E-state index in [2.05, 4.69) is 16.6 Å². The zero-order chi connectivity index (χ0) is 14.4. The number of hydrogen-bond acceptors (Lipinski definition) is 4. The molecule has 0 bridgehead atoms. The molecule has 1 aromatic carbocycles. The van der Waals surface area contributed by atoms with Crippen molar-refractivity contribution in [2.75, 3.05) is 12.4 Å². The van der Waals surface area contributed by atoms with Gasteiger partial charge in [-0.1, -0.05) is 17.7 Å². The lowest BCUT2D eigenvalue weighted by Crippen LogP contribution is -2.35. The third kappa shape index (κ3) is 4.08. The maximum absolute atomic E-state index is 11.8. The molecule has 0 saturated carbocycles. The Morgan fingerprint density at radius 3 is 2.84 bits per heavy atom. The average Bonchev–Trinajstić information content (AvgIpc) is 2.38. The molecular formula is C13H15ClN2O3. The Hall–Kier alpha value is -1.85. The van der Waals surface area contributed by atoms with Crippen molar-refractivity contribution in [1.82, 2.24) is 0 Å². The van der Waals surface area contributed by atoms with E-state index in [4.69, 9.17) is 17.3 Å². The molecule has 1 aromatic rings. The highest BCUT2D eigenvalue weighted by Gasteiger charge is 2.17. The Kier molecular flexibility index (Phi) is 5.54. The molecule has 102 valence electrons. The first-order chi connectivity index (χ1) is 8.99. The molecule has 1 amide bonds. The number of esters is 1. The maximum atomic E-state index is 11.8. The molecule has 5 nitrogen and oxygen atoms in total. The highest BCUT2D eigenvalue weighted by molar-refractivity contribution is 6.31. The first-order valence-electron chi connectivity index (χ1n) is 5.54. The van der Waals surface area contributed by atoms with Crippen LogP contribution in [-0.4, -0.2) is 25.0 Å². The minimum Gasteiger partial charge on any atom is -0.465 e. The topological polar surface area (TPSA) is 81.4 Å². The summed E-state index contributed by atoms with van der Waals surface area (Å²) in [5.74, 6) is -0.989. The lowest BCUT2D eigenvalue weighted by molar-refractivity contribution is -0.117. The highest BCUT2D eigenvalue weighted by Crippen LogP contribution is 2.22. The second-order valence-electron chi connectivity index (χ2n) is 3.80. The molecule has 3 N–H and O–H groups in total. The summed E-state index contributed by atoms with van der Waals surface area (Å²) in [6.45, 7) is 3.51. The molecule has 19 heavy (non-hydrogen) atoms. The molecule has 0 aliphatic rings. The number of ether oxygens (including phenoxy) is 1. The summed E-state index contributed by atoms with van der Waals surface area (Å²) in [5.41, 5.74) is 6.12. The van der Waals surface area contributed by atoms with E-state index in [0.717, 1.165) is 0 Å². The number of nitrogens with two attached hydrogens (primary N) is 1. The Morgan fingerprint density at radius 1 is 1.58 bits per heavy atom. The molecule has 0 aromatic heterocycles. The van der Waals surface area contributed by atoms with Gasteiger partial charge in [-0.15, -0.1) is 6.58 Å². The van der Waals surface area contributed by atoms with E-state index in [0.29, 0.717) is 11.4 Å². The Balaban J connectivity index is 2.98. The van der Waals surface area contributed by atoms with Crippen molar-refractivity contribution < 1.29 is 14.3 Å². The molecule has 0 aliphatic carbocycles. The molecule has 0 heterocycles. The van der Waals surface area contributed by atoms with Gasteiger partial charge < -0.3 is 15.8 Å². The molecule has 6 heteroatoms. The number of carbonyl (C=O) groups is 2. The number of hydrogen-bond donors (Lipinski definition) is 2. The largest absolute Gasteiger partial charge is 0.465 e. The van der Waals surface area contributed by atoms with Gasteiger partial charge in [-0.05, 0) is 24.6 Å². The van der Waals surface area contributed by atoms with E-state index in [1.54, 1.807) is 6.08 Å². The number of benzene rings is 1. The third-order valence-electron chi connectivity index (χ3n) is 2.40. The standard InChI is InChI=1S/C13H15ClN2O3/c1-3-4-10(15)12(17)16-11-7-8(14)5-6-9(11)13(18)19-2/h3,5-7,10H,1,4,15H2,2H3,(H,16,17). The van der Waals surface area contributed by atoms with Crippen molar-refractivity contribution in [1.29, 1.82) is 0 Å². The second kappa shape index (κ2) is 6.92. The van der Waals surface area contributed by atoms with Crippen molar-refractivity contribution in [2.24, 2.45) is 5.73 Å². The number of halogens is 1. The van der Waals surface area contributed by atoms with Crippen LogP contribution in [0.3, 0.4) is 0 Å². The number of anilines is 1. The minimum absolute atomic E-state index is 0.214. The van der Waals surface area contributed by atoms with Crippen LogP contribution in [0.1, 0.15) is 16.8 Å². The third-order valence-corrected chi connectivity index (χ3v) is 2.64. The fraction of sp³-hybridized carbons (Fsp3) is 0.231. The molecule has 0 spiro atoms. The molecule has 1 rings (SSSR count). The smallest absolute Gasteiger partial charge is 0.339 e. The zero-order valence-corrected chi connectivity index (χ0v) is 11.2. The normalized spacial score (nSPS) is 11.5. The number of methoxy groups -OCH3 is 1. The van der Waals surface area contributed by atoms with Gasteiger partial charge in [-0.2, -0.15) is 0 Å². The van der Waals surface area contributed by atoms with Crippen LogP contribution in [0.25, 0.3) is 0 Å². The van der Waals surface area contributed by atoms with Gasteiger partial charge in [0.15, 0.2) is 0 Å². The summed E-state index contributed by atoms with van der Waals surface area (Å²) in [5, 5.41) is 2.94. The van der Waals surface area contributed by atoms with E-state index < -0.39 is 17.9 Å². The zero-order valence-electron chi connectivity index (χ0n) is 10.5. The molecule has 0 fully saturated rings. The number of rotatable bonds is 5. The van der Waals surface area contributed by atoms with Gasteiger partial charge in [0.1, 0.15) is 0 Å². The van der Waals surface area contributed by atoms with Crippen LogP contribution < -0.4 is 11.1 Å². The number of carbonyl (C=O) groups excluding carboxylic acids is 2. The minimum atomic E-state index is -0.734. The van der Waals surface area contributed by atoms with E-state index in [9.17, 15) is 9.59 Å². The lowest BCUT2D eigenvalue weighted by Gasteiger charge is -2.13. The Bertz CT molecular complexity index is 503. The van der Waals surface area contributed by atoms with E-state index in [1.165, 1.54) is 25.3 Å². The predicted molar refractivity (Wildman–Crippen MR) is 74.2 cm³/mol. The molecule has 1 unspecified atom stereocenters. The van der Waals surface area contributed by atoms with Gasteiger partial charge in [0.05, 0.1) is 24.4 Å². The lowest BCUT2D eigenvalue weighted by atomic mass is 10.1. The summed E-state index contributed by atoms with van der Waals surface area (Å²) in [7, 11) is 1.26. The average molecular weight is 283 g/mol. The van der Waals surface area contributed by atoms with Crippen LogP contribution >= 0.6 is 11.6 Å². The van der Waals surface area contributed by atoms with Crippen LogP contribution in [0.4, 0.5) is 5.69 Å². The van der Waals surface area contributed by atoms with Crippen molar-refractivity contribution in [3.8, 4) is 0 Å². The molecule has 0 radical (unpaired) electrons. The predicted octanol–water partition coefficient (Wildman–Crippen LogP) is 1.97.